The van der Waals surface area contributed by atoms with Crippen LogP contribution in [0.25, 0.3) is 0 Å². The molecule has 3 N–H and O–H groups in total. The van der Waals surface area contributed by atoms with E-state index < -0.39 is 33.7 Å². The molecule has 2 saturated heterocycles. The number of hydrogen-bond acceptors (Lipinski definition) is 5. The van der Waals surface area contributed by atoms with Crippen molar-refractivity contribution >= 4 is 28.1 Å². The number of amides is 4. The molecule has 1 unspecified atom stereocenters. The van der Waals surface area contributed by atoms with Crippen LogP contribution in [0.15, 0.2) is 0 Å². The van der Waals surface area contributed by atoms with Crippen molar-refractivity contribution in [2.45, 2.75) is 136 Å². The zero-order chi connectivity index (χ0) is 32.0. The summed E-state index contributed by atoms with van der Waals surface area (Å²) in [6.45, 7) is 15.2. The maximum Gasteiger partial charge on any atom is 0.315 e. The van der Waals surface area contributed by atoms with Crippen LogP contribution < -0.4 is 16.0 Å². The molecule has 2 aliphatic heterocycles. The number of unbranched alkanes of at least 4 members (excludes halogenated alkanes) is 4. The summed E-state index contributed by atoms with van der Waals surface area (Å²) in [5.41, 5.74) is -0.616. The highest BCUT2D eigenvalue weighted by Gasteiger charge is 2.51. The quantitative estimate of drug-likeness (QED) is 0.254. The van der Waals surface area contributed by atoms with Gasteiger partial charge in [0.15, 0.2) is 0 Å². The fourth-order valence-corrected chi connectivity index (χ4v) is 8.31. The van der Waals surface area contributed by atoms with E-state index in [1.54, 1.807) is 4.90 Å². The van der Waals surface area contributed by atoms with Crippen LogP contribution in [0.4, 0.5) is 4.79 Å². The third-order valence-electron chi connectivity index (χ3n) is 9.47. The van der Waals surface area contributed by atoms with Crippen LogP contribution in [-0.2, 0) is 19.8 Å². The van der Waals surface area contributed by atoms with E-state index in [1.807, 2.05) is 34.6 Å². The van der Waals surface area contributed by atoms with Crippen molar-refractivity contribution in [2.75, 3.05) is 32.7 Å². The number of urea groups is 1. The van der Waals surface area contributed by atoms with E-state index in [9.17, 15) is 22.8 Å². The number of carbonyl (C=O) groups is 3. The van der Waals surface area contributed by atoms with Crippen LogP contribution in [-0.4, -0.2) is 96.2 Å². The minimum Gasteiger partial charge on any atom is -0.349 e. The number of rotatable bonds is 14. The molecule has 0 radical (unpaired) electrons. The molecule has 248 valence electrons. The van der Waals surface area contributed by atoms with Gasteiger partial charge in [0, 0.05) is 43.8 Å². The molecule has 3 rings (SSSR count). The normalized spacial score (nSPS) is 26.7. The molecule has 0 spiro atoms. The Hall–Kier alpha value is -1.92. The molecule has 3 aliphatic rings. The SMILES string of the molecule is CCCCCCC[C@H]1C[C@@]1(C)NC(=O)[C@@H]1CCCN1C(=O)CNC(=O)NC(CN1CCCN(C(C)C)S1(=O)=O)C(C)(C)C. The maximum absolute atomic E-state index is 13.2. The molecule has 1 saturated carbocycles. The Balaban J connectivity index is 1.49. The minimum absolute atomic E-state index is 0.0998. The van der Waals surface area contributed by atoms with Gasteiger partial charge in [-0.05, 0) is 64.2 Å². The van der Waals surface area contributed by atoms with Gasteiger partial charge < -0.3 is 20.9 Å². The second-order valence-electron chi connectivity index (χ2n) is 14.4. The molecule has 11 nitrogen and oxygen atoms in total. The summed E-state index contributed by atoms with van der Waals surface area (Å²) in [6.07, 6.45) is 10.4. The fraction of sp³-hybridized carbons (Fsp3) is 0.903. The molecule has 12 heteroatoms. The predicted molar refractivity (Wildman–Crippen MR) is 169 cm³/mol. The van der Waals surface area contributed by atoms with E-state index in [1.165, 1.54) is 40.7 Å². The van der Waals surface area contributed by atoms with E-state index in [0.29, 0.717) is 32.0 Å². The summed E-state index contributed by atoms with van der Waals surface area (Å²) in [6, 6.07) is -1.67. The van der Waals surface area contributed by atoms with Gasteiger partial charge in [0.25, 0.3) is 10.2 Å². The first-order chi connectivity index (χ1) is 20.1. The van der Waals surface area contributed by atoms with Crippen LogP contribution in [0.3, 0.4) is 0 Å². The Morgan fingerprint density at radius 3 is 2.35 bits per heavy atom. The third-order valence-corrected chi connectivity index (χ3v) is 11.7. The van der Waals surface area contributed by atoms with Gasteiger partial charge in [0.2, 0.25) is 11.8 Å². The lowest BCUT2D eigenvalue weighted by molar-refractivity contribution is -0.138. The van der Waals surface area contributed by atoms with Crippen molar-refractivity contribution in [1.29, 1.82) is 0 Å². The van der Waals surface area contributed by atoms with E-state index >= 15 is 0 Å². The van der Waals surface area contributed by atoms with Crippen molar-refractivity contribution in [3.05, 3.63) is 0 Å². The second kappa shape index (κ2) is 14.9. The second-order valence-corrected chi connectivity index (χ2v) is 16.3. The van der Waals surface area contributed by atoms with Crippen molar-refractivity contribution in [3.63, 3.8) is 0 Å². The smallest absolute Gasteiger partial charge is 0.315 e. The summed E-state index contributed by atoms with van der Waals surface area (Å²) in [5.74, 6) is 0.107. The molecule has 0 aromatic rings. The standard InChI is InChI=1S/C31H58N6O5S/c1-8-9-10-11-12-15-24-20-31(24,7)34-28(39)25-16-13-18-36(25)27(38)21-32-29(40)33-26(30(4,5)6)22-35-17-14-19-37(23(2)3)43(35,41)42/h23-26H,8-22H2,1-7H3,(H,34,39)(H2,32,33,40)/t24-,25-,26?,31+/m0/s1. The molecule has 4 amide bonds. The lowest BCUT2D eigenvalue weighted by Gasteiger charge is -2.41. The lowest BCUT2D eigenvalue weighted by atomic mass is 9.86. The first-order valence-electron chi connectivity index (χ1n) is 16.5. The molecule has 1 aliphatic carbocycles. The van der Waals surface area contributed by atoms with Crippen molar-refractivity contribution < 1.29 is 22.8 Å². The first kappa shape index (κ1) is 35.6. The van der Waals surface area contributed by atoms with Gasteiger partial charge in [-0.1, -0.05) is 59.8 Å². The monoisotopic (exact) mass is 626 g/mol. The van der Waals surface area contributed by atoms with E-state index in [-0.39, 0.29) is 36.5 Å². The number of likely N-dealkylation sites (tertiary alicyclic amines) is 1. The topological polar surface area (TPSA) is 131 Å². The summed E-state index contributed by atoms with van der Waals surface area (Å²) in [7, 11) is -3.63. The molecule has 43 heavy (non-hydrogen) atoms. The van der Waals surface area contributed by atoms with Crippen molar-refractivity contribution in [2.24, 2.45) is 11.3 Å². The molecule has 3 fully saturated rings. The summed E-state index contributed by atoms with van der Waals surface area (Å²) in [5, 5.41) is 8.81. The van der Waals surface area contributed by atoms with Gasteiger partial charge in [-0.3, -0.25) is 9.59 Å². The van der Waals surface area contributed by atoms with Gasteiger partial charge in [-0.2, -0.15) is 17.0 Å². The molecule has 0 bridgehead atoms. The molecule has 0 aromatic carbocycles. The number of nitrogens with zero attached hydrogens (tertiary/aromatic N) is 3. The summed E-state index contributed by atoms with van der Waals surface area (Å²) >= 11 is 0. The van der Waals surface area contributed by atoms with Crippen LogP contribution in [0, 0.1) is 11.3 Å². The average molecular weight is 627 g/mol. The zero-order valence-electron chi connectivity index (χ0n) is 27.7. The van der Waals surface area contributed by atoms with E-state index in [4.69, 9.17) is 0 Å². The van der Waals surface area contributed by atoms with Crippen LogP contribution in [0.1, 0.15) is 113 Å². The van der Waals surface area contributed by atoms with Crippen molar-refractivity contribution in [3.8, 4) is 0 Å². The summed E-state index contributed by atoms with van der Waals surface area (Å²) in [4.78, 5) is 40.9. The van der Waals surface area contributed by atoms with Gasteiger partial charge in [0.05, 0.1) is 6.54 Å². The fourth-order valence-electron chi connectivity index (χ4n) is 6.42. The predicted octanol–water partition coefficient (Wildman–Crippen LogP) is 3.61. The van der Waals surface area contributed by atoms with Crippen molar-refractivity contribution in [1.82, 2.24) is 29.5 Å². The maximum atomic E-state index is 13.2. The largest absolute Gasteiger partial charge is 0.349 e. The Bertz CT molecular complexity index is 1080. The first-order valence-corrected chi connectivity index (χ1v) is 17.9. The van der Waals surface area contributed by atoms with Crippen LogP contribution in [0.5, 0.6) is 0 Å². The highest BCUT2D eigenvalue weighted by molar-refractivity contribution is 7.86. The Morgan fingerprint density at radius 2 is 1.70 bits per heavy atom. The Labute approximate surface area is 260 Å². The Morgan fingerprint density at radius 1 is 1.00 bits per heavy atom. The highest BCUT2D eigenvalue weighted by Crippen LogP contribution is 2.46. The number of nitrogens with one attached hydrogen (secondary N) is 3. The molecular formula is C31H58N6O5S. The van der Waals surface area contributed by atoms with Crippen LogP contribution in [0.2, 0.25) is 0 Å². The molecule has 0 aromatic heterocycles. The zero-order valence-corrected chi connectivity index (χ0v) is 28.5. The lowest BCUT2D eigenvalue weighted by Crippen LogP contribution is -2.59. The van der Waals surface area contributed by atoms with E-state index in [0.717, 1.165) is 25.7 Å². The van der Waals surface area contributed by atoms with Gasteiger partial charge >= 0.3 is 6.03 Å². The number of hydrogen-bond donors (Lipinski definition) is 3. The average Bonchev–Trinajstić information content (AvgIpc) is 3.30. The van der Waals surface area contributed by atoms with E-state index in [2.05, 4.69) is 29.8 Å². The van der Waals surface area contributed by atoms with Gasteiger partial charge in [0.1, 0.15) is 6.04 Å². The summed E-state index contributed by atoms with van der Waals surface area (Å²) < 4.78 is 29.3. The molecular weight excluding hydrogens is 568 g/mol. The number of carbonyl (C=O) groups excluding carboxylic acids is 3. The van der Waals surface area contributed by atoms with Gasteiger partial charge in [-0.25, -0.2) is 4.79 Å². The minimum atomic E-state index is -3.63. The Kier molecular flexibility index (Phi) is 12.3. The van der Waals surface area contributed by atoms with Crippen LogP contribution >= 0.6 is 0 Å². The van der Waals surface area contributed by atoms with Gasteiger partial charge in [-0.15, -0.1) is 0 Å². The highest BCUT2D eigenvalue weighted by atomic mass is 32.2. The third kappa shape index (κ3) is 9.53. The molecule has 2 heterocycles. The molecule has 4 atom stereocenters.